The summed E-state index contributed by atoms with van der Waals surface area (Å²) >= 11 is 0. The summed E-state index contributed by atoms with van der Waals surface area (Å²) in [4.78, 5) is 0. The van der Waals surface area contributed by atoms with Crippen LogP contribution in [0.25, 0.3) is 0 Å². The Morgan fingerprint density at radius 1 is 1.33 bits per heavy atom. The smallest absolute Gasteiger partial charge is 0.115 e. The Kier molecular flexibility index (Phi) is 6.29. The zero-order valence-electron chi connectivity index (χ0n) is 10.0. The first-order chi connectivity index (χ1) is 7.15. The maximum absolute atomic E-state index is 9.30. The maximum Gasteiger partial charge on any atom is 0.115 e. The molecule has 0 unspecified atom stereocenters. The van der Waals surface area contributed by atoms with E-state index in [0.717, 1.165) is 11.1 Å². The highest BCUT2D eigenvalue weighted by Crippen LogP contribution is 2.24. The number of rotatable bonds is 2. The summed E-state index contributed by atoms with van der Waals surface area (Å²) < 4.78 is 0. The Hall–Kier alpha value is -1.42. The minimum atomic E-state index is 0.310. The second kappa shape index (κ2) is 6.95. The van der Waals surface area contributed by atoms with Gasteiger partial charge in [-0.2, -0.15) is 0 Å². The van der Waals surface area contributed by atoms with Gasteiger partial charge in [-0.1, -0.05) is 33.8 Å². The minimum absolute atomic E-state index is 0.310. The van der Waals surface area contributed by atoms with Crippen molar-refractivity contribution in [2.75, 3.05) is 0 Å². The third-order valence-corrected chi connectivity index (χ3v) is 2.04. The predicted octanol–water partition coefficient (Wildman–Crippen LogP) is 3.72. The molecule has 0 saturated heterocycles. The summed E-state index contributed by atoms with van der Waals surface area (Å²) in [6, 6.07) is 5.36. The number of benzene rings is 1. The van der Waals surface area contributed by atoms with Gasteiger partial charge < -0.3 is 5.11 Å². The second-order valence-electron chi connectivity index (χ2n) is 3.42. The Labute approximate surface area is 93.2 Å². The number of hydrogen-bond donors (Lipinski definition) is 1. The molecule has 1 aromatic rings. The summed E-state index contributed by atoms with van der Waals surface area (Å²) in [5.74, 6) is 3.33. The van der Waals surface area contributed by atoms with Crippen molar-refractivity contribution in [1.29, 1.82) is 0 Å². The number of phenols is 1. The molecule has 0 aliphatic heterocycles. The normalized spacial score (nSPS) is 9.07. The molecule has 82 valence electrons. The lowest BCUT2D eigenvalue weighted by Crippen LogP contribution is -1.94. The molecule has 0 aliphatic rings. The van der Waals surface area contributed by atoms with Gasteiger partial charge in [0, 0.05) is 6.42 Å². The Bertz CT molecular complexity index is 332. The van der Waals surface area contributed by atoms with Crippen LogP contribution in [0.2, 0.25) is 0 Å². The molecule has 0 saturated carbocycles. The molecule has 1 rings (SSSR count). The van der Waals surface area contributed by atoms with E-state index in [1.807, 2.05) is 19.9 Å². The molecule has 0 aromatic heterocycles. The Morgan fingerprint density at radius 2 is 1.93 bits per heavy atom. The van der Waals surface area contributed by atoms with E-state index in [-0.39, 0.29) is 0 Å². The molecule has 0 aliphatic carbocycles. The minimum Gasteiger partial charge on any atom is -0.508 e. The van der Waals surface area contributed by atoms with Crippen LogP contribution in [-0.2, 0) is 6.42 Å². The molecular formula is C14H20O. The highest BCUT2D eigenvalue weighted by atomic mass is 16.3. The molecule has 0 bridgehead atoms. The van der Waals surface area contributed by atoms with E-state index in [0.29, 0.717) is 18.1 Å². The van der Waals surface area contributed by atoms with Crippen LogP contribution in [0.15, 0.2) is 18.2 Å². The van der Waals surface area contributed by atoms with Crippen LogP contribution in [0.1, 0.15) is 44.7 Å². The molecule has 1 aromatic carbocycles. The zero-order chi connectivity index (χ0) is 11.8. The highest BCUT2D eigenvalue weighted by Gasteiger charge is 2.06. The van der Waals surface area contributed by atoms with Gasteiger partial charge in [-0.15, -0.1) is 12.3 Å². The fourth-order valence-corrected chi connectivity index (χ4v) is 1.39. The summed E-state index contributed by atoms with van der Waals surface area (Å²) in [7, 11) is 0. The van der Waals surface area contributed by atoms with Crippen LogP contribution in [0.4, 0.5) is 0 Å². The van der Waals surface area contributed by atoms with Gasteiger partial charge in [-0.05, 0) is 29.2 Å². The maximum atomic E-state index is 9.30. The number of terminal acetylenes is 1. The summed E-state index contributed by atoms with van der Waals surface area (Å²) in [6.45, 7) is 8.18. The standard InChI is InChI=1S/C12H14O.C2H6/c1-4-5-10-6-7-11(13)8-12(10)9(2)3;1-2/h1,6-9,13H,5H2,2-3H3;1-2H3. The molecule has 0 radical (unpaired) electrons. The van der Waals surface area contributed by atoms with E-state index in [9.17, 15) is 5.11 Å². The first kappa shape index (κ1) is 13.6. The van der Waals surface area contributed by atoms with Crippen LogP contribution >= 0.6 is 0 Å². The fourth-order valence-electron chi connectivity index (χ4n) is 1.39. The van der Waals surface area contributed by atoms with Crippen LogP contribution in [-0.4, -0.2) is 5.11 Å². The van der Waals surface area contributed by atoms with Gasteiger partial charge in [0.05, 0.1) is 0 Å². The van der Waals surface area contributed by atoms with Gasteiger partial charge in [0.25, 0.3) is 0 Å². The van der Waals surface area contributed by atoms with E-state index in [1.165, 1.54) is 0 Å². The second-order valence-corrected chi connectivity index (χ2v) is 3.42. The molecule has 0 heterocycles. The average Bonchev–Trinajstić information content (AvgIpc) is 2.24. The van der Waals surface area contributed by atoms with Crippen molar-refractivity contribution in [2.24, 2.45) is 0 Å². The van der Waals surface area contributed by atoms with Crippen LogP contribution < -0.4 is 0 Å². The quantitative estimate of drug-likeness (QED) is 0.728. The Morgan fingerprint density at radius 3 is 2.40 bits per heavy atom. The van der Waals surface area contributed by atoms with Crippen molar-refractivity contribution in [2.45, 2.75) is 40.0 Å². The van der Waals surface area contributed by atoms with E-state index in [4.69, 9.17) is 6.42 Å². The van der Waals surface area contributed by atoms with Gasteiger partial charge in [-0.3, -0.25) is 0 Å². The molecule has 1 heteroatoms. The first-order valence-electron chi connectivity index (χ1n) is 5.40. The monoisotopic (exact) mass is 204 g/mol. The number of hydrogen-bond acceptors (Lipinski definition) is 1. The van der Waals surface area contributed by atoms with Crippen LogP contribution in [0.5, 0.6) is 5.75 Å². The lowest BCUT2D eigenvalue weighted by molar-refractivity contribution is 0.474. The van der Waals surface area contributed by atoms with Crippen LogP contribution in [0, 0.1) is 12.3 Å². The molecule has 0 amide bonds. The molecule has 15 heavy (non-hydrogen) atoms. The predicted molar refractivity (Wildman–Crippen MR) is 66.1 cm³/mol. The zero-order valence-corrected chi connectivity index (χ0v) is 10.0. The van der Waals surface area contributed by atoms with Crippen LogP contribution in [0.3, 0.4) is 0 Å². The fraction of sp³-hybridized carbons (Fsp3) is 0.429. The summed E-state index contributed by atoms with van der Waals surface area (Å²) in [5.41, 5.74) is 2.27. The Balaban J connectivity index is 0.000000921. The van der Waals surface area contributed by atoms with Gasteiger partial charge in [-0.25, -0.2) is 0 Å². The highest BCUT2D eigenvalue weighted by molar-refractivity contribution is 5.38. The lowest BCUT2D eigenvalue weighted by atomic mass is 9.95. The third kappa shape index (κ3) is 4.08. The van der Waals surface area contributed by atoms with E-state index in [2.05, 4.69) is 19.8 Å². The van der Waals surface area contributed by atoms with Crippen molar-refractivity contribution in [3.05, 3.63) is 29.3 Å². The number of aromatic hydroxyl groups is 1. The molecule has 0 fully saturated rings. The van der Waals surface area contributed by atoms with Gasteiger partial charge in [0.1, 0.15) is 5.75 Å². The largest absolute Gasteiger partial charge is 0.508 e. The van der Waals surface area contributed by atoms with Gasteiger partial charge >= 0.3 is 0 Å². The van der Waals surface area contributed by atoms with Gasteiger partial charge in [0.15, 0.2) is 0 Å². The average molecular weight is 204 g/mol. The summed E-state index contributed by atoms with van der Waals surface area (Å²) in [5, 5.41) is 9.30. The molecule has 1 nitrogen and oxygen atoms in total. The molecular weight excluding hydrogens is 184 g/mol. The lowest BCUT2D eigenvalue weighted by Gasteiger charge is -2.10. The van der Waals surface area contributed by atoms with Crippen molar-refractivity contribution >= 4 is 0 Å². The molecule has 1 N–H and O–H groups in total. The SMILES string of the molecule is C#CCc1ccc(O)cc1C(C)C.CC. The third-order valence-electron chi connectivity index (χ3n) is 2.04. The van der Waals surface area contributed by atoms with E-state index >= 15 is 0 Å². The van der Waals surface area contributed by atoms with E-state index in [1.54, 1.807) is 12.1 Å². The number of phenolic OH excluding ortho intramolecular Hbond substituents is 1. The van der Waals surface area contributed by atoms with E-state index < -0.39 is 0 Å². The van der Waals surface area contributed by atoms with Gasteiger partial charge in [0.2, 0.25) is 0 Å². The topological polar surface area (TPSA) is 20.2 Å². The van der Waals surface area contributed by atoms with Crippen molar-refractivity contribution in [3.63, 3.8) is 0 Å². The molecule has 0 atom stereocenters. The first-order valence-corrected chi connectivity index (χ1v) is 5.40. The van der Waals surface area contributed by atoms with Crippen molar-refractivity contribution in [1.82, 2.24) is 0 Å². The summed E-state index contributed by atoms with van der Waals surface area (Å²) in [6.07, 6.45) is 5.89. The molecule has 0 spiro atoms. The van der Waals surface area contributed by atoms with Crippen molar-refractivity contribution < 1.29 is 5.11 Å². The van der Waals surface area contributed by atoms with Crippen molar-refractivity contribution in [3.8, 4) is 18.1 Å².